The zero-order valence-corrected chi connectivity index (χ0v) is 14.7. The number of nitrogens with zero attached hydrogens (tertiary/aromatic N) is 2. The fraction of sp³-hybridized carbons (Fsp3) is 0. The van der Waals surface area contributed by atoms with Crippen LogP contribution < -0.4 is 0 Å². The number of benzene rings is 2. The molecule has 1 aromatic heterocycles. The summed E-state index contributed by atoms with van der Waals surface area (Å²) in [6.45, 7) is 0. The quantitative estimate of drug-likeness (QED) is 0.285. The molecule has 0 amide bonds. The van der Waals surface area contributed by atoms with E-state index in [-0.39, 0.29) is 10.7 Å². The summed E-state index contributed by atoms with van der Waals surface area (Å²) in [6.07, 6.45) is 1.50. The third-order valence-electron chi connectivity index (χ3n) is 3.29. The van der Waals surface area contributed by atoms with Gasteiger partial charge in [0, 0.05) is 22.7 Å². The molecule has 5 nitrogen and oxygen atoms in total. The lowest BCUT2D eigenvalue weighted by molar-refractivity contribution is -0.384. The summed E-state index contributed by atoms with van der Waals surface area (Å²) in [7, 11) is 0. The van der Waals surface area contributed by atoms with Crippen molar-refractivity contribution in [3.8, 4) is 11.3 Å². The molecular weight excluding hydrogens is 387 g/mol. The number of nitro groups is 1. The summed E-state index contributed by atoms with van der Waals surface area (Å²) in [5.74, 6) is 0.944. The van der Waals surface area contributed by atoms with Gasteiger partial charge in [-0.25, -0.2) is 0 Å². The van der Waals surface area contributed by atoms with Gasteiger partial charge in [0.25, 0.3) is 5.69 Å². The molecule has 3 aromatic rings. The number of furan rings is 1. The van der Waals surface area contributed by atoms with Crippen LogP contribution in [0.15, 0.2) is 57.9 Å². The van der Waals surface area contributed by atoms with Gasteiger partial charge >= 0.3 is 0 Å². The van der Waals surface area contributed by atoms with Gasteiger partial charge in [-0.3, -0.25) is 15.1 Å². The Morgan fingerprint density at radius 1 is 1.00 bits per heavy atom. The second-order valence-corrected chi connectivity index (χ2v) is 6.23. The average molecular weight is 396 g/mol. The third-order valence-corrected chi connectivity index (χ3v) is 4.16. The molecule has 0 unspecified atom stereocenters. The average Bonchev–Trinajstić information content (AvgIpc) is 3.04. The van der Waals surface area contributed by atoms with Crippen LogP contribution >= 0.6 is 34.8 Å². The predicted octanol–water partition coefficient (Wildman–Crippen LogP) is 6.57. The third kappa shape index (κ3) is 4.02. The van der Waals surface area contributed by atoms with Gasteiger partial charge in [0.1, 0.15) is 11.5 Å². The molecule has 0 aliphatic rings. The normalized spacial score (nSPS) is 11.2. The van der Waals surface area contributed by atoms with E-state index in [1.54, 1.807) is 30.3 Å². The van der Waals surface area contributed by atoms with E-state index >= 15 is 0 Å². The minimum atomic E-state index is -0.509. The maximum Gasteiger partial charge on any atom is 0.270 e. The summed E-state index contributed by atoms with van der Waals surface area (Å²) in [5.41, 5.74) is 0.978. The summed E-state index contributed by atoms with van der Waals surface area (Å²) >= 11 is 18.1. The van der Waals surface area contributed by atoms with E-state index in [1.807, 2.05) is 0 Å². The predicted molar refractivity (Wildman–Crippen MR) is 99.5 cm³/mol. The second kappa shape index (κ2) is 7.27. The van der Waals surface area contributed by atoms with Crippen LogP contribution in [0.4, 0.5) is 11.4 Å². The lowest BCUT2D eigenvalue weighted by Gasteiger charge is -2.00. The zero-order valence-electron chi connectivity index (χ0n) is 12.4. The molecule has 1 heterocycles. The van der Waals surface area contributed by atoms with Crippen molar-refractivity contribution in [3.63, 3.8) is 0 Å². The molecule has 0 saturated heterocycles. The first-order valence-corrected chi connectivity index (χ1v) is 8.11. The first kappa shape index (κ1) is 17.5. The summed E-state index contributed by atoms with van der Waals surface area (Å²) in [4.78, 5) is 14.5. The molecule has 0 N–H and O–H groups in total. The van der Waals surface area contributed by atoms with Crippen LogP contribution in [0.2, 0.25) is 15.1 Å². The molecule has 0 saturated carbocycles. The number of rotatable bonds is 4. The largest absolute Gasteiger partial charge is 0.455 e. The van der Waals surface area contributed by atoms with Crippen LogP contribution in [0.3, 0.4) is 0 Å². The van der Waals surface area contributed by atoms with Gasteiger partial charge in [0.15, 0.2) is 0 Å². The lowest BCUT2D eigenvalue weighted by atomic mass is 10.1. The van der Waals surface area contributed by atoms with Crippen molar-refractivity contribution in [3.05, 3.63) is 79.5 Å². The van der Waals surface area contributed by atoms with Crippen LogP contribution in [-0.4, -0.2) is 11.1 Å². The van der Waals surface area contributed by atoms with Crippen LogP contribution in [0.5, 0.6) is 0 Å². The van der Waals surface area contributed by atoms with Gasteiger partial charge in [-0.15, -0.1) is 0 Å². The van der Waals surface area contributed by atoms with Crippen molar-refractivity contribution in [2.45, 2.75) is 0 Å². The van der Waals surface area contributed by atoms with E-state index in [1.165, 1.54) is 24.4 Å². The molecule has 0 aliphatic carbocycles. The van der Waals surface area contributed by atoms with E-state index < -0.39 is 4.92 Å². The molecule has 2 aromatic carbocycles. The van der Waals surface area contributed by atoms with Gasteiger partial charge in [0.2, 0.25) is 0 Å². The Balaban J connectivity index is 1.87. The van der Waals surface area contributed by atoms with Crippen molar-refractivity contribution in [1.29, 1.82) is 0 Å². The number of hydrogen-bond acceptors (Lipinski definition) is 4. The highest BCUT2D eigenvalue weighted by Crippen LogP contribution is 2.32. The Morgan fingerprint density at radius 2 is 1.80 bits per heavy atom. The number of non-ortho nitro benzene ring substituents is 1. The van der Waals surface area contributed by atoms with Gasteiger partial charge < -0.3 is 4.42 Å². The molecule has 0 fully saturated rings. The maximum absolute atomic E-state index is 10.8. The van der Waals surface area contributed by atoms with Crippen LogP contribution in [0.1, 0.15) is 5.76 Å². The van der Waals surface area contributed by atoms with Crippen molar-refractivity contribution >= 4 is 52.4 Å². The molecule has 0 bridgehead atoms. The van der Waals surface area contributed by atoms with Crippen LogP contribution in [-0.2, 0) is 0 Å². The van der Waals surface area contributed by atoms with Crippen LogP contribution in [0.25, 0.3) is 11.3 Å². The Morgan fingerprint density at radius 3 is 2.52 bits per heavy atom. The highest BCUT2D eigenvalue weighted by atomic mass is 35.5. The molecule has 3 rings (SSSR count). The molecule has 0 spiro atoms. The first-order chi connectivity index (χ1) is 11.9. The maximum atomic E-state index is 10.8. The molecule has 0 aliphatic heterocycles. The van der Waals surface area contributed by atoms with Gasteiger partial charge in [-0.2, -0.15) is 0 Å². The van der Waals surface area contributed by atoms with E-state index in [0.717, 1.165) is 0 Å². The van der Waals surface area contributed by atoms with Crippen molar-refractivity contribution < 1.29 is 9.34 Å². The van der Waals surface area contributed by atoms with Crippen molar-refractivity contribution in [2.24, 2.45) is 4.99 Å². The Labute approximate surface area is 157 Å². The van der Waals surface area contributed by atoms with Crippen LogP contribution in [0, 0.1) is 10.1 Å². The minimum absolute atomic E-state index is 0.0855. The molecule has 0 radical (unpaired) electrons. The highest BCUT2D eigenvalue weighted by molar-refractivity contribution is 6.35. The van der Waals surface area contributed by atoms with Gasteiger partial charge in [-0.05, 0) is 36.4 Å². The van der Waals surface area contributed by atoms with E-state index in [0.29, 0.717) is 32.8 Å². The monoisotopic (exact) mass is 394 g/mol. The number of halogens is 3. The standard InChI is InChI=1S/C17H9Cl3N2O3/c18-10-1-5-14(19)16(7-10)21-9-12-3-6-17(25-12)13-4-2-11(22(23)24)8-15(13)20/h1-9H. The first-order valence-electron chi connectivity index (χ1n) is 6.97. The smallest absolute Gasteiger partial charge is 0.270 e. The fourth-order valence-corrected chi connectivity index (χ4v) is 2.70. The highest BCUT2D eigenvalue weighted by Gasteiger charge is 2.13. The van der Waals surface area contributed by atoms with E-state index in [2.05, 4.69) is 4.99 Å². The molecule has 126 valence electrons. The Kier molecular flexibility index (Phi) is 5.08. The molecule has 8 heteroatoms. The minimum Gasteiger partial charge on any atom is -0.455 e. The van der Waals surface area contributed by atoms with E-state index in [9.17, 15) is 10.1 Å². The van der Waals surface area contributed by atoms with Crippen molar-refractivity contribution in [1.82, 2.24) is 0 Å². The number of hydrogen-bond donors (Lipinski definition) is 0. The summed E-state index contributed by atoms with van der Waals surface area (Å²) in [5, 5.41) is 12.0. The molecule has 25 heavy (non-hydrogen) atoms. The Hall–Kier alpha value is -2.34. The Bertz CT molecular complexity index is 983. The number of nitro benzene ring substituents is 1. The molecular formula is C17H9Cl3N2O3. The van der Waals surface area contributed by atoms with Gasteiger partial charge in [-0.1, -0.05) is 34.8 Å². The SMILES string of the molecule is O=[N+]([O-])c1ccc(-c2ccc(C=Nc3cc(Cl)ccc3Cl)o2)c(Cl)c1. The fourth-order valence-electron chi connectivity index (χ4n) is 2.10. The number of aliphatic imine (C=N–C) groups is 1. The topological polar surface area (TPSA) is 68.6 Å². The van der Waals surface area contributed by atoms with Crippen molar-refractivity contribution in [2.75, 3.05) is 0 Å². The summed E-state index contributed by atoms with van der Waals surface area (Å²) in [6, 6.07) is 12.5. The lowest BCUT2D eigenvalue weighted by Crippen LogP contribution is -1.88. The molecule has 0 atom stereocenters. The van der Waals surface area contributed by atoms with E-state index in [4.69, 9.17) is 39.2 Å². The second-order valence-electron chi connectivity index (χ2n) is 4.98. The van der Waals surface area contributed by atoms with Gasteiger partial charge in [0.05, 0.1) is 26.9 Å². The summed E-state index contributed by atoms with van der Waals surface area (Å²) < 4.78 is 5.66. The zero-order chi connectivity index (χ0) is 18.0.